The van der Waals surface area contributed by atoms with E-state index in [1.807, 2.05) is 0 Å². The van der Waals surface area contributed by atoms with Crippen LogP contribution < -0.4 is 0 Å². The molecule has 0 amide bonds. The zero-order valence-electron chi connectivity index (χ0n) is 10.0. The van der Waals surface area contributed by atoms with Gasteiger partial charge in [-0.15, -0.1) is 0 Å². The third-order valence-electron chi connectivity index (χ3n) is 3.32. The van der Waals surface area contributed by atoms with E-state index in [9.17, 15) is 0 Å². The second-order valence-electron chi connectivity index (χ2n) is 4.67. The van der Waals surface area contributed by atoms with Gasteiger partial charge in [0.1, 0.15) is 0 Å². The van der Waals surface area contributed by atoms with Crippen LogP contribution in [0.15, 0.2) is 0 Å². The Kier molecular flexibility index (Phi) is 7.72. The molecule has 1 fully saturated rings. The van der Waals surface area contributed by atoms with Crippen molar-refractivity contribution in [3.63, 3.8) is 0 Å². The summed E-state index contributed by atoms with van der Waals surface area (Å²) in [6.07, 6.45) is 10.7. The summed E-state index contributed by atoms with van der Waals surface area (Å²) in [4.78, 5) is 0.745. The van der Waals surface area contributed by atoms with E-state index in [0.717, 1.165) is 24.0 Å². The number of alkyl halides is 1. The van der Waals surface area contributed by atoms with Gasteiger partial charge in [-0.1, -0.05) is 42.1 Å². The van der Waals surface area contributed by atoms with E-state index in [1.54, 1.807) is 0 Å². The number of unbranched alkanes of at least 4 members (excludes halogenated alkanes) is 1. The SMILES string of the molecule is CCCCOCCCC(Br)C1CCCC1. The molecular weight excluding hydrogens is 252 g/mol. The molecule has 1 aliphatic rings. The highest BCUT2D eigenvalue weighted by Crippen LogP contribution is 2.33. The molecule has 0 spiro atoms. The minimum absolute atomic E-state index is 0.745. The molecule has 0 radical (unpaired) electrons. The first-order valence-electron chi connectivity index (χ1n) is 6.56. The lowest BCUT2D eigenvalue weighted by Crippen LogP contribution is -2.11. The standard InChI is InChI=1S/C13H25BrO/c1-2-3-10-15-11-6-9-13(14)12-7-4-5-8-12/h12-13H,2-11H2,1H3. The maximum Gasteiger partial charge on any atom is 0.0466 e. The van der Waals surface area contributed by atoms with Crippen LogP contribution in [0.4, 0.5) is 0 Å². The highest BCUT2D eigenvalue weighted by molar-refractivity contribution is 9.09. The number of hydrogen-bond donors (Lipinski definition) is 0. The third-order valence-corrected chi connectivity index (χ3v) is 4.53. The third kappa shape index (κ3) is 5.91. The average Bonchev–Trinajstić information content (AvgIpc) is 2.76. The smallest absolute Gasteiger partial charge is 0.0466 e. The van der Waals surface area contributed by atoms with Crippen molar-refractivity contribution < 1.29 is 4.74 Å². The van der Waals surface area contributed by atoms with Crippen LogP contribution in [0.25, 0.3) is 0 Å². The Morgan fingerprint density at radius 2 is 1.87 bits per heavy atom. The number of ether oxygens (including phenoxy) is 1. The van der Waals surface area contributed by atoms with Gasteiger partial charge >= 0.3 is 0 Å². The molecule has 0 aromatic carbocycles. The van der Waals surface area contributed by atoms with Crippen LogP contribution in [0.3, 0.4) is 0 Å². The first kappa shape index (κ1) is 13.5. The first-order valence-corrected chi connectivity index (χ1v) is 7.48. The Hall–Kier alpha value is 0.440. The quantitative estimate of drug-likeness (QED) is 0.467. The second-order valence-corrected chi connectivity index (χ2v) is 5.84. The lowest BCUT2D eigenvalue weighted by atomic mass is 10.0. The number of rotatable bonds is 8. The molecule has 0 aliphatic heterocycles. The van der Waals surface area contributed by atoms with Crippen LogP contribution in [0.2, 0.25) is 0 Å². The van der Waals surface area contributed by atoms with Crippen molar-refractivity contribution in [3.05, 3.63) is 0 Å². The van der Waals surface area contributed by atoms with E-state index in [2.05, 4.69) is 22.9 Å². The van der Waals surface area contributed by atoms with Crippen molar-refractivity contribution in [2.45, 2.75) is 63.1 Å². The summed E-state index contributed by atoms with van der Waals surface area (Å²) in [6.45, 7) is 4.11. The fourth-order valence-corrected chi connectivity index (χ4v) is 3.14. The maximum absolute atomic E-state index is 5.57. The van der Waals surface area contributed by atoms with Gasteiger partial charge in [-0.3, -0.25) is 0 Å². The Bertz CT molecular complexity index is 143. The molecule has 0 aromatic heterocycles. The Morgan fingerprint density at radius 3 is 2.53 bits per heavy atom. The van der Waals surface area contributed by atoms with Gasteiger partial charge in [0.05, 0.1) is 0 Å². The lowest BCUT2D eigenvalue weighted by Gasteiger charge is -2.16. The van der Waals surface area contributed by atoms with E-state index < -0.39 is 0 Å². The normalized spacial score (nSPS) is 19.6. The van der Waals surface area contributed by atoms with Gasteiger partial charge in [0.25, 0.3) is 0 Å². The summed E-state index contributed by atoms with van der Waals surface area (Å²) in [5.41, 5.74) is 0. The Morgan fingerprint density at radius 1 is 1.20 bits per heavy atom. The molecule has 1 nitrogen and oxygen atoms in total. The maximum atomic E-state index is 5.57. The molecule has 15 heavy (non-hydrogen) atoms. The summed E-state index contributed by atoms with van der Waals surface area (Å²) >= 11 is 3.83. The fraction of sp³-hybridized carbons (Fsp3) is 1.00. The van der Waals surface area contributed by atoms with E-state index >= 15 is 0 Å². The minimum atomic E-state index is 0.745. The zero-order chi connectivity index (χ0) is 10.9. The zero-order valence-corrected chi connectivity index (χ0v) is 11.6. The van der Waals surface area contributed by atoms with Crippen LogP contribution in [0.5, 0.6) is 0 Å². The van der Waals surface area contributed by atoms with Crippen molar-refractivity contribution in [1.29, 1.82) is 0 Å². The second kappa shape index (κ2) is 8.58. The highest BCUT2D eigenvalue weighted by Gasteiger charge is 2.22. The van der Waals surface area contributed by atoms with Crippen molar-refractivity contribution in [3.8, 4) is 0 Å². The van der Waals surface area contributed by atoms with E-state index in [0.29, 0.717) is 0 Å². The molecule has 0 N–H and O–H groups in total. The molecule has 90 valence electrons. The van der Waals surface area contributed by atoms with Gasteiger partial charge in [0.15, 0.2) is 0 Å². The largest absolute Gasteiger partial charge is 0.381 e. The van der Waals surface area contributed by atoms with Crippen molar-refractivity contribution in [2.24, 2.45) is 5.92 Å². The number of hydrogen-bond acceptors (Lipinski definition) is 1. The monoisotopic (exact) mass is 276 g/mol. The molecule has 0 saturated heterocycles. The summed E-state index contributed by atoms with van der Waals surface area (Å²) in [5, 5.41) is 0. The predicted molar refractivity (Wildman–Crippen MR) is 69.6 cm³/mol. The molecule has 1 saturated carbocycles. The average molecular weight is 277 g/mol. The van der Waals surface area contributed by atoms with Crippen molar-refractivity contribution in [1.82, 2.24) is 0 Å². The summed E-state index contributed by atoms with van der Waals surface area (Å²) in [5.74, 6) is 0.945. The molecule has 2 heteroatoms. The Labute approximate surface area is 103 Å². The Balaban J connectivity index is 1.90. The van der Waals surface area contributed by atoms with Crippen LogP contribution in [0.1, 0.15) is 58.3 Å². The molecule has 1 atom stereocenters. The predicted octanol–water partition coefficient (Wildman–Crippen LogP) is 4.54. The van der Waals surface area contributed by atoms with Crippen molar-refractivity contribution in [2.75, 3.05) is 13.2 Å². The number of halogens is 1. The van der Waals surface area contributed by atoms with Gasteiger partial charge in [-0.25, -0.2) is 0 Å². The van der Waals surface area contributed by atoms with E-state index in [-0.39, 0.29) is 0 Å². The van der Waals surface area contributed by atoms with Crippen LogP contribution >= 0.6 is 15.9 Å². The molecular formula is C13H25BrO. The van der Waals surface area contributed by atoms with E-state index in [1.165, 1.54) is 51.4 Å². The van der Waals surface area contributed by atoms with Crippen LogP contribution in [0, 0.1) is 5.92 Å². The summed E-state index contributed by atoms with van der Waals surface area (Å²) in [6, 6.07) is 0. The molecule has 0 heterocycles. The summed E-state index contributed by atoms with van der Waals surface area (Å²) < 4.78 is 5.57. The van der Waals surface area contributed by atoms with E-state index in [4.69, 9.17) is 4.74 Å². The molecule has 1 unspecified atom stereocenters. The van der Waals surface area contributed by atoms with Crippen LogP contribution in [-0.4, -0.2) is 18.0 Å². The van der Waals surface area contributed by atoms with Crippen LogP contribution in [-0.2, 0) is 4.74 Å². The van der Waals surface area contributed by atoms with Crippen molar-refractivity contribution >= 4 is 15.9 Å². The highest BCUT2D eigenvalue weighted by atomic mass is 79.9. The first-order chi connectivity index (χ1) is 7.34. The van der Waals surface area contributed by atoms with Gasteiger partial charge in [-0.2, -0.15) is 0 Å². The fourth-order valence-electron chi connectivity index (χ4n) is 2.28. The molecule has 0 bridgehead atoms. The molecule has 0 aromatic rings. The van der Waals surface area contributed by atoms with Gasteiger partial charge in [-0.05, 0) is 38.0 Å². The minimum Gasteiger partial charge on any atom is -0.381 e. The molecule has 1 aliphatic carbocycles. The topological polar surface area (TPSA) is 9.23 Å². The molecule has 1 rings (SSSR count). The summed E-state index contributed by atoms with van der Waals surface area (Å²) in [7, 11) is 0. The van der Waals surface area contributed by atoms with Gasteiger partial charge in [0.2, 0.25) is 0 Å². The van der Waals surface area contributed by atoms with Gasteiger partial charge in [0, 0.05) is 18.0 Å². The van der Waals surface area contributed by atoms with Gasteiger partial charge < -0.3 is 4.74 Å². The lowest BCUT2D eigenvalue weighted by molar-refractivity contribution is 0.126.